The molecule has 0 saturated heterocycles. The Morgan fingerprint density at radius 2 is 2.50 bits per heavy atom. The van der Waals surface area contributed by atoms with E-state index < -0.39 is 0 Å². The van der Waals surface area contributed by atoms with E-state index in [1.165, 1.54) is 0 Å². The molecule has 12 heavy (non-hydrogen) atoms. The van der Waals surface area contributed by atoms with Gasteiger partial charge in [0.05, 0.1) is 6.61 Å². The highest BCUT2D eigenvalue weighted by Gasteiger charge is 2.16. The Morgan fingerprint density at radius 1 is 1.75 bits per heavy atom. The van der Waals surface area contributed by atoms with Crippen molar-refractivity contribution < 1.29 is 9.53 Å². The summed E-state index contributed by atoms with van der Waals surface area (Å²) in [6, 6.07) is 0. The highest BCUT2D eigenvalue weighted by Crippen LogP contribution is 2.23. The molecular formula is C10H16O2. The average molecular weight is 168 g/mol. The first-order chi connectivity index (χ1) is 5.74. The first-order valence-corrected chi connectivity index (χ1v) is 4.60. The molecule has 0 spiro atoms. The summed E-state index contributed by atoms with van der Waals surface area (Å²) in [5.41, 5.74) is 0.870. The number of carbonyl (C=O) groups is 1. The first-order valence-electron chi connectivity index (χ1n) is 4.60. The van der Waals surface area contributed by atoms with Gasteiger partial charge in [-0.2, -0.15) is 0 Å². The second kappa shape index (κ2) is 4.29. The first kappa shape index (κ1) is 9.30. The van der Waals surface area contributed by atoms with E-state index >= 15 is 0 Å². The number of rotatable bonds is 2. The summed E-state index contributed by atoms with van der Waals surface area (Å²) in [6.45, 7) is 4.52. The van der Waals surface area contributed by atoms with Crippen molar-refractivity contribution in [3.63, 3.8) is 0 Å². The molecule has 1 aliphatic carbocycles. The third kappa shape index (κ3) is 2.36. The van der Waals surface area contributed by atoms with Crippen molar-refractivity contribution >= 4 is 5.97 Å². The third-order valence-corrected chi connectivity index (χ3v) is 2.21. The Morgan fingerprint density at radius 3 is 3.00 bits per heavy atom. The molecule has 2 nitrogen and oxygen atoms in total. The molecular weight excluding hydrogens is 152 g/mol. The summed E-state index contributed by atoms with van der Waals surface area (Å²) in [6.07, 6.45) is 5.05. The third-order valence-electron chi connectivity index (χ3n) is 2.21. The molecule has 0 unspecified atom stereocenters. The number of ether oxygens (including phenoxy) is 1. The summed E-state index contributed by atoms with van der Waals surface area (Å²) in [4.78, 5) is 11.2. The minimum atomic E-state index is -0.121. The summed E-state index contributed by atoms with van der Waals surface area (Å²) >= 11 is 0. The van der Waals surface area contributed by atoms with Crippen LogP contribution >= 0.6 is 0 Å². The Kier molecular flexibility index (Phi) is 3.32. The Balaban J connectivity index is 2.47. The van der Waals surface area contributed by atoms with Crippen molar-refractivity contribution in [2.75, 3.05) is 6.61 Å². The Hall–Kier alpha value is -0.790. The molecule has 1 aliphatic rings. The van der Waals surface area contributed by atoms with Gasteiger partial charge < -0.3 is 4.74 Å². The molecule has 0 amide bonds. The zero-order valence-electron chi connectivity index (χ0n) is 7.80. The van der Waals surface area contributed by atoms with Gasteiger partial charge in [-0.3, -0.25) is 0 Å². The minimum Gasteiger partial charge on any atom is -0.463 e. The lowest BCUT2D eigenvalue weighted by molar-refractivity contribution is -0.138. The van der Waals surface area contributed by atoms with Crippen LogP contribution in [0.25, 0.3) is 0 Å². The molecule has 0 heterocycles. The molecule has 1 atom stereocenters. The molecule has 0 fully saturated rings. The van der Waals surface area contributed by atoms with Gasteiger partial charge in [0.15, 0.2) is 0 Å². The van der Waals surface area contributed by atoms with E-state index in [0.717, 1.165) is 30.8 Å². The summed E-state index contributed by atoms with van der Waals surface area (Å²) in [5.74, 6) is 0.604. The quantitative estimate of drug-likeness (QED) is 0.591. The number of hydrogen-bond donors (Lipinski definition) is 0. The van der Waals surface area contributed by atoms with Crippen LogP contribution in [0.1, 0.15) is 33.1 Å². The highest BCUT2D eigenvalue weighted by atomic mass is 16.5. The fourth-order valence-corrected chi connectivity index (χ4v) is 1.37. The summed E-state index contributed by atoms with van der Waals surface area (Å²) in [5, 5.41) is 0. The van der Waals surface area contributed by atoms with Crippen molar-refractivity contribution in [2.24, 2.45) is 5.92 Å². The maximum atomic E-state index is 11.2. The second-order valence-electron chi connectivity index (χ2n) is 3.33. The topological polar surface area (TPSA) is 26.3 Å². The molecule has 1 rings (SSSR count). The van der Waals surface area contributed by atoms with Gasteiger partial charge in [0, 0.05) is 5.57 Å². The van der Waals surface area contributed by atoms with Crippen LogP contribution in [0.15, 0.2) is 11.6 Å². The van der Waals surface area contributed by atoms with Crippen LogP contribution in [0, 0.1) is 5.92 Å². The van der Waals surface area contributed by atoms with Crippen molar-refractivity contribution in [3.05, 3.63) is 11.6 Å². The SMILES string of the molecule is CCOC(=O)C1=CC[C@H](C)CC1. The smallest absolute Gasteiger partial charge is 0.333 e. The van der Waals surface area contributed by atoms with Crippen LogP contribution in [0.5, 0.6) is 0 Å². The molecule has 0 aromatic heterocycles. The van der Waals surface area contributed by atoms with E-state index in [2.05, 4.69) is 6.92 Å². The largest absolute Gasteiger partial charge is 0.463 e. The van der Waals surface area contributed by atoms with Crippen LogP contribution in [0.2, 0.25) is 0 Å². The van der Waals surface area contributed by atoms with Crippen molar-refractivity contribution in [1.82, 2.24) is 0 Å². The van der Waals surface area contributed by atoms with E-state index in [1.54, 1.807) is 0 Å². The zero-order chi connectivity index (χ0) is 8.97. The van der Waals surface area contributed by atoms with E-state index in [-0.39, 0.29) is 5.97 Å². The lowest BCUT2D eigenvalue weighted by atomic mass is 9.91. The fourth-order valence-electron chi connectivity index (χ4n) is 1.37. The number of allylic oxidation sites excluding steroid dienone is 1. The van der Waals surface area contributed by atoms with Gasteiger partial charge in [0.2, 0.25) is 0 Å². The van der Waals surface area contributed by atoms with E-state index in [1.807, 2.05) is 13.0 Å². The highest BCUT2D eigenvalue weighted by molar-refractivity contribution is 5.88. The maximum Gasteiger partial charge on any atom is 0.333 e. The molecule has 0 aromatic rings. The number of carbonyl (C=O) groups excluding carboxylic acids is 1. The van der Waals surface area contributed by atoms with Crippen LogP contribution in [0.3, 0.4) is 0 Å². The van der Waals surface area contributed by atoms with Gasteiger partial charge in [0.1, 0.15) is 0 Å². The second-order valence-corrected chi connectivity index (χ2v) is 3.33. The van der Waals surface area contributed by atoms with Gasteiger partial charge in [-0.1, -0.05) is 13.0 Å². The van der Waals surface area contributed by atoms with Crippen LogP contribution in [0.4, 0.5) is 0 Å². The fraction of sp³-hybridized carbons (Fsp3) is 0.700. The maximum absolute atomic E-state index is 11.2. The van der Waals surface area contributed by atoms with Crippen LogP contribution < -0.4 is 0 Å². The van der Waals surface area contributed by atoms with Gasteiger partial charge >= 0.3 is 5.97 Å². The molecule has 0 aliphatic heterocycles. The van der Waals surface area contributed by atoms with Gasteiger partial charge in [0.25, 0.3) is 0 Å². The lowest BCUT2D eigenvalue weighted by Crippen LogP contribution is -2.12. The van der Waals surface area contributed by atoms with E-state index in [9.17, 15) is 4.79 Å². The zero-order valence-corrected chi connectivity index (χ0v) is 7.80. The Labute approximate surface area is 73.6 Å². The van der Waals surface area contributed by atoms with Gasteiger partial charge in [-0.15, -0.1) is 0 Å². The molecule has 68 valence electrons. The van der Waals surface area contributed by atoms with Crippen molar-refractivity contribution in [1.29, 1.82) is 0 Å². The summed E-state index contributed by atoms with van der Waals surface area (Å²) < 4.78 is 4.91. The number of esters is 1. The molecule has 0 N–H and O–H groups in total. The predicted octanol–water partition coefficient (Wildman–Crippen LogP) is 2.30. The normalized spacial score (nSPS) is 23.2. The van der Waals surface area contributed by atoms with Crippen LogP contribution in [-0.4, -0.2) is 12.6 Å². The monoisotopic (exact) mass is 168 g/mol. The number of hydrogen-bond acceptors (Lipinski definition) is 2. The van der Waals surface area contributed by atoms with E-state index in [4.69, 9.17) is 4.74 Å². The summed E-state index contributed by atoms with van der Waals surface area (Å²) in [7, 11) is 0. The van der Waals surface area contributed by atoms with E-state index in [0.29, 0.717) is 6.61 Å². The van der Waals surface area contributed by atoms with Crippen molar-refractivity contribution in [3.8, 4) is 0 Å². The molecule has 0 bridgehead atoms. The molecule has 0 saturated carbocycles. The van der Waals surface area contributed by atoms with Crippen LogP contribution in [-0.2, 0) is 9.53 Å². The Bertz CT molecular complexity index is 194. The predicted molar refractivity (Wildman–Crippen MR) is 47.7 cm³/mol. The molecule has 0 aromatic carbocycles. The minimum absolute atomic E-state index is 0.121. The van der Waals surface area contributed by atoms with Crippen molar-refractivity contribution in [2.45, 2.75) is 33.1 Å². The molecule has 0 radical (unpaired) electrons. The molecule has 2 heteroatoms. The van der Waals surface area contributed by atoms with Gasteiger partial charge in [-0.05, 0) is 32.1 Å². The average Bonchev–Trinajstić information content (AvgIpc) is 2.06. The van der Waals surface area contributed by atoms with Gasteiger partial charge in [-0.25, -0.2) is 4.79 Å². The standard InChI is InChI=1S/C10H16O2/c1-3-12-10(11)9-6-4-8(2)5-7-9/h6,8H,3-5,7H2,1-2H3/t8-/m0/s1. The lowest BCUT2D eigenvalue weighted by Gasteiger charge is -2.16.